The summed E-state index contributed by atoms with van der Waals surface area (Å²) in [6.07, 6.45) is -0.244. The standard InChI is InChI=1S/C38H44N4O4/c1-26(43)25-40-36(44)34(22-28-12-7-5-8-13-28)41(3)38(46)35(42(4)37(45)33-17-11-16-32(24-33)27(2)39)23-29-18-20-31(21-19-29)30-14-9-6-10-15-30/h5-21,24,26-27,34-35,43H,22-23,25,39H2,1-4H3,(H,40,44)/t26-,27?,34-,35-/m1/s1. The predicted octanol–water partition coefficient (Wildman–Crippen LogP) is 4.62. The third-order valence-corrected chi connectivity index (χ3v) is 8.18. The molecule has 0 spiro atoms. The lowest BCUT2D eigenvalue weighted by atomic mass is 9.97. The molecule has 0 bridgehead atoms. The number of nitrogens with one attached hydrogen (secondary N) is 1. The predicted molar refractivity (Wildman–Crippen MR) is 182 cm³/mol. The number of hydrogen-bond acceptors (Lipinski definition) is 5. The van der Waals surface area contributed by atoms with Crippen molar-refractivity contribution in [2.45, 2.75) is 50.9 Å². The van der Waals surface area contributed by atoms with Gasteiger partial charge in [0.2, 0.25) is 11.8 Å². The van der Waals surface area contributed by atoms with Gasteiger partial charge in [0, 0.05) is 45.1 Å². The number of hydrogen-bond donors (Lipinski definition) is 3. The van der Waals surface area contributed by atoms with Crippen LogP contribution in [0.4, 0.5) is 0 Å². The molecule has 4 atom stereocenters. The van der Waals surface area contributed by atoms with E-state index in [-0.39, 0.29) is 43.1 Å². The monoisotopic (exact) mass is 620 g/mol. The second-order valence-electron chi connectivity index (χ2n) is 11.9. The van der Waals surface area contributed by atoms with Gasteiger partial charge in [0.15, 0.2) is 0 Å². The van der Waals surface area contributed by atoms with Gasteiger partial charge in [0.1, 0.15) is 12.1 Å². The Bertz CT molecular complexity index is 1590. The zero-order valence-electron chi connectivity index (χ0n) is 27.0. The Balaban J connectivity index is 1.67. The molecule has 0 heterocycles. The lowest BCUT2D eigenvalue weighted by Crippen LogP contribution is -2.56. The maximum Gasteiger partial charge on any atom is 0.254 e. The van der Waals surface area contributed by atoms with Gasteiger partial charge in [0.25, 0.3) is 5.91 Å². The van der Waals surface area contributed by atoms with Crippen LogP contribution in [0.2, 0.25) is 0 Å². The summed E-state index contributed by atoms with van der Waals surface area (Å²) in [6, 6.07) is 32.5. The smallest absolute Gasteiger partial charge is 0.254 e. The number of carbonyl (C=O) groups is 3. The Hall–Kier alpha value is -4.79. The van der Waals surface area contributed by atoms with Crippen molar-refractivity contribution in [2.24, 2.45) is 5.73 Å². The van der Waals surface area contributed by atoms with Crippen molar-refractivity contribution in [3.05, 3.63) is 131 Å². The molecule has 240 valence electrons. The molecule has 0 saturated heterocycles. The van der Waals surface area contributed by atoms with E-state index >= 15 is 0 Å². The van der Waals surface area contributed by atoms with Gasteiger partial charge >= 0.3 is 0 Å². The van der Waals surface area contributed by atoms with Gasteiger partial charge in [-0.2, -0.15) is 0 Å². The Morgan fingerprint density at radius 3 is 1.89 bits per heavy atom. The van der Waals surface area contributed by atoms with Gasteiger partial charge in [-0.25, -0.2) is 0 Å². The normalized spacial score (nSPS) is 13.6. The molecule has 3 amide bonds. The Labute approximate surface area is 271 Å². The summed E-state index contributed by atoms with van der Waals surface area (Å²) in [5.41, 5.74) is 11.2. The van der Waals surface area contributed by atoms with Crippen LogP contribution in [0.25, 0.3) is 11.1 Å². The lowest BCUT2D eigenvalue weighted by molar-refractivity contribution is -0.142. The zero-order valence-corrected chi connectivity index (χ0v) is 27.0. The number of nitrogens with zero attached hydrogens (tertiary/aromatic N) is 2. The summed E-state index contributed by atoms with van der Waals surface area (Å²) in [5, 5.41) is 12.6. The van der Waals surface area contributed by atoms with E-state index in [1.165, 1.54) is 9.80 Å². The summed E-state index contributed by atoms with van der Waals surface area (Å²) in [6.45, 7) is 3.49. The van der Waals surface area contributed by atoms with Gasteiger partial charge < -0.3 is 26.0 Å². The molecule has 4 rings (SSSR count). The van der Waals surface area contributed by atoms with Crippen LogP contribution < -0.4 is 11.1 Å². The minimum absolute atomic E-state index is 0.0532. The van der Waals surface area contributed by atoms with Crippen molar-refractivity contribution in [3.63, 3.8) is 0 Å². The van der Waals surface area contributed by atoms with Crippen LogP contribution in [0.5, 0.6) is 0 Å². The lowest BCUT2D eigenvalue weighted by Gasteiger charge is -2.35. The highest BCUT2D eigenvalue weighted by molar-refractivity contribution is 5.98. The fraction of sp³-hybridized carbons (Fsp3) is 0.289. The summed E-state index contributed by atoms with van der Waals surface area (Å²) in [5.74, 6) is -1.09. The van der Waals surface area contributed by atoms with Crippen LogP contribution in [-0.4, -0.2) is 71.5 Å². The van der Waals surface area contributed by atoms with Crippen molar-refractivity contribution >= 4 is 17.7 Å². The van der Waals surface area contributed by atoms with Crippen LogP contribution >= 0.6 is 0 Å². The Kier molecular flexibility index (Phi) is 11.8. The van der Waals surface area contributed by atoms with E-state index in [2.05, 4.69) is 5.32 Å². The summed E-state index contributed by atoms with van der Waals surface area (Å²) >= 11 is 0. The molecule has 0 aliphatic heterocycles. The number of likely N-dealkylation sites (N-methyl/N-ethyl adjacent to an activating group) is 2. The van der Waals surface area contributed by atoms with Crippen LogP contribution in [0.15, 0.2) is 109 Å². The molecule has 0 fully saturated rings. The molecule has 4 aromatic rings. The fourth-order valence-corrected chi connectivity index (χ4v) is 5.37. The molecular formula is C38H44N4O4. The number of benzene rings is 4. The highest BCUT2D eigenvalue weighted by Gasteiger charge is 2.35. The third kappa shape index (κ3) is 8.90. The highest BCUT2D eigenvalue weighted by atomic mass is 16.3. The summed E-state index contributed by atoms with van der Waals surface area (Å²) in [4.78, 5) is 44.7. The average molecular weight is 621 g/mol. The van der Waals surface area contributed by atoms with Crippen LogP contribution in [-0.2, 0) is 22.4 Å². The van der Waals surface area contributed by atoms with E-state index in [0.29, 0.717) is 5.56 Å². The Morgan fingerprint density at radius 1 is 0.717 bits per heavy atom. The number of aliphatic hydroxyl groups excluding tert-OH is 1. The first-order valence-electron chi connectivity index (χ1n) is 15.6. The molecule has 4 N–H and O–H groups in total. The SMILES string of the molecule is CC(N)c1cccc(C(=O)N(C)[C@H](Cc2ccc(-c3ccccc3)cc2)C(=O)N(C)[C@H](Cc2ccccc2)C(=O)NC[C@@H](C)O)c1. The van der Waals surface area contributed by atoms with Crippen LogP contribution in [0, 0.1) is 0 Å². The molecule has 4 aromatic carbocycles. The second kappa shape index (κ2) is 16.0. The van der Waals surface area contributed by atoms with E-state index in [9.17, 15) is 19.5 Å². The number of nitrogens with two attached hydrogens (primary N) is 1. The molecule has 0 aliphatic carbocycles. The van der Waals surface area contributed by atoms with Crippen molar-refractivity contribution < 1.29 is 19.5 Å². The zero-order chi connectivity index (χ0) is 33.2. The highest BCUT2D eigenvalue weighted by Crippen LogP contribution is 2.22. The van der Waals surface area contributed by atoms with E-state index in [0.717, 1.165) is 27.8 Å². The van der Waals surface area contributed by atoms with Crippen LogP contribution in [0.3, 0.4) is 0 Å². The topological polar surface area (TPSA) is 116 Å². The number of amides is 3. The quantitative estimate of drug-likeness (QED) is 0.202. The largest absolute Gasteiger partial charge is 0.392 e. The first kappa shape index (κ1) is 34.1. The first-order valence-corrected chi connectivity index (χ1v) is 15.6. The summed E-state index contributed by atoms with van der Waals surface area (Å²) < 4.78 is 0. The molecule has 46 heavy (non-hydrogen) atoms. The van der Waals surface area contributed by atoms with Gasteiger partial charge in [0.05, 0.1) is 6.10 Å². The average Bonchev–Trinajstić information content (AvgIpc) is 3.08. The van der Waals surface area contributed by atoms with Crippen LogP contribution in [0.1, 0.15) is 46.9 Å². The van der Waals surface area contributed by atoms with Crippen molar-refractivity contribution in [2.75, 3.05) is 20.6 Å². The van der Waals surface area contributed by atoms with Gasteiger partial charge in [-0.1, -0.05) is 97.1 Å². The summed E-state index contributed by atoms with van der Waals surface area (Å²) in [7, 11) is 3.22. The molecule has 1 unspecified atom stereocenters. The molecule has 0 aliphatic rings. The van der Waals surface area contributed by atoms with Crippen molar-refractivity contribution in [3.8, 4) is 11.1 Å². The minimum Gasteiger partial charge on any atom is -0.392 e. The molecule has 8 nitrogen and oxygen atoms in total. The van der Waals surface area contributed by atoms with E-state index in [1.54, 1.807) is 39.2 Å². The minimum atomic E-state index is -0.915. The maximum absolute atomic E-state index is 14.4. The first-order chi connectivity index (χ1) is 22.0. The molecule has 0 saturated carbocycles. The molecular weight excluding hydrogens is 576 g/mol. The second-order valence-corrected chi connectivity index (χ2v) is 11.9. The van der Waals surface area contributed by atoms with E-state index < -0.39 is 18.2 Å². The van der Waals surface area contributed by atoms with Gasteiger partial charge in [-0.05, 0) is 53.8 Å². The molecule has 0 radical (unpaired) electrons. The van der Waals surface area contributed by atoms with Gasteiger partial charge in [-0.3, -0.25) is 14.4 Å². The van der Waals surface area contributed by atoms with Gasteiger partial charge in [-0.15, -0.1) is 0 Å². The number of rotatable bonds is 13. The van der Waals surface area contributed by atoms with E-state index in [1.807, 2.05) is 97.9 Å². The number of aliphatic hydroxyl groups is 1. The van der Waals surface area contributed by atoms with Crippen molar-refractivity contribution in [1.82, 2.24) is 15.1 Å². The molecule has 0 aromatic heterocycles. The third-order valence-electron chi connectivity index (χ3n) is 8.18. The fourth-order valence-electron chi connectivity index (χ4n) is 5.37. The number of carbonyl (C=O) groups excluding carboxylic acids is 3. The maximum atomic E-state index is 14.4. The Morgan fingerprint density at radius 2 is 1.28 bits per heavy atom. The van der Waals surface area contributed by atoms with E-state index in [4.69, 9.17) is 5.73 Å². The molecule has 8 heteroatoms. The van der Waals surface area contributed by atoms with Crippen molar-refractivity contribution in [1.29, 1.82) is 0 Å².